The topological polar surface area (TPSA) is 25.2 Å². The molecule has 3 nitrogen and oxygen atoms in total. The molecule has 4 heteroatoms. The molecule has 0 N–H and O–H groups in total. The lowest BCUT2D eigenvalue weighted by atomic mass is 10.0. The highest BCUT2D eigenvalue weighted by Crippen LogP contribution is 2.36. The summed E-state index contributed by atoms with van der Waals surface area (Å²) in [5.41, 5.74) is 3.70. The molecular weight excluding hydrogens is 352 g/mol. The molecule has 1 aromatic heterocycles. The van der Waals surface area contributed by atoms with Gasteiger partial charge in [0.05, 0.1) is 17.0 Å². The Labute approximate surface area is 165 Å². The van der Waals surface area contributed by atoms with Gasteiger partial charge < -0.3 is 9.47 Å². The largest absolute Gasteiger partial charge is 0.348 e. The van der Waals surface area contributed by atoms with E-state index in [0.29, 0.717) is 5.75 Å². The predicted octanol–water partition coefficient (Wildman–Crippen LogP) is 4.91. The molecule has 2 aromatic carbocycles. The van der Waals surface area contributed by atoms with Crippen molar-refractivity contribution in [1.82, 2.24) is 9.47 Å². The summed E-state index contributed by atoms with van der Waals surface area (Å²) < 4.78 is 2.25. The summed E-state index contributed by atoms with van der Waals surface area (Å²) in [5.74, 6) is 0.705. The molecule has 0 fully saturated rings. The van der Waals surface area contributed by atoms with Crippen LogP contribution in [-0.4, -0.2) is 27.7 Å². The van der Waals surface area contributed by atoms with Crippen molar-refractivity contribution in [3.8, 4) is 0 Å². The van der Waals surface area contributed by atoms with Crippen molar-refractivity contribution in [3.05, 3.63) is 95.8 Å². The first-order chi connectivity index (χ1) is 13.2. The lowest BCUT2D eigenvalue weighted by molar-refractivity contribution is -0.131. The summed E-state index contributed by atoms with van der Waals surface area (Å²) in [6.45, 7) is 3.78. The summed E-state index contributed by atoms with van der Waals surface area (Å²) >= 11 is 1.72. The first-order valence-electron chi connectivity index (χ1n) is 9.40. The molecule has 1 aliphatic rings. The number of hydrogen-bond donors (Lipinski definition) is 0. The number of hydrogen-bond acceptors (Lipinski definition) is 2. The smallest absolute Gasteiger partial charge is 0.233 e. The minimum absolute atomic E-state index is 0.133. The van der Waals surface area contributed by atoms with Gasteiger partial charge in [0, 0.05) is 25.0 Å². The van der Waals surface area contributed by atoms with Gasteiger partial charge in [-0.1, -0.05) is 60.7 Å². The van der Waals surface area contributed by atoms with Gasteiger partial charge in [-0.25, -0.2) is 0 Å². The monoisotopic (exact) mass is 376 g/mol. The summed E-state index contributed by atoms with van der Waals surface area (Å²) in [5, 5.41) is 0.167. The Kier molecular flexibility index (Phi) is 5.35. The van der Waals surface area contributed by atoms with E-state index in [2.05, 4.69) is 78.4 Å². The van der Waals surface area contributed by atoms with Gasteiger partial charge in [-0.2, -0.15) is 0 Å². The van der Waals surface area contributed by atoms with Crippen LogP contribution in [0.25, 0.3) is 0 Å². The number of thioether (sulfide) groups is 1. The van der Waals surface area contributed by atoms with Crippen molar-refractivity contribution in [2.75, 3.05) is 12.3 Å². The van der Waals surface area contributed by atoms with Gasteiger partial charge >= 0.3 is 0 Å². The van der Waals surface area contributed by atoms with E-state index in [0.717, 1.165) is 13.1 Å². The second kappa shape index (κ2) is 8.05. The zero-order valence-electron chi connectivity index (χ0n) is 15.5. The normalized spacial score (nSPS) is 16.4. The van der Waals surface area contributed by atoms with Gasteiger partial charge in [-0.3, -0.25) is 4.79 Å². The first kappa shape index (κ1) is 17.9. The SMILES string of the molecule is C[C@H]1c2cccn2CCN1C(=O)CSC(c1ccccc1)c1ccccc1. The van der Waals surface area contributed by atoms with Gasteiger partial charge in [0.2, 0.25) is 5.91 Å². The second-order valence-corrected chi connectivity index (χ2v) is 8.00. The Morgan fingerprint density at radius 2 is 1.59 bits per heavy atom. The fourth-order valence-corrected chi connectivity index (χ4v) is 4.97. The molecule has 1 amide bonds. The number of nitrogens with zero attached hydrogens (tertiary/aromatic N) is 2. The third kappa shape index (κ3) is 3.81. The zero-order valence-corrected chi connectivity index (χ0v) is 16.3. The van der Waals surface area contributed by atoms with Crippen molar-refractivity contribution in [2.45, 2.75) is 24.8 Å². The van der Waals surface area contributed by atoms with Crippen LogP contribution < -0.4 is 0 Å². The van der Waals surface area contributed by atoms with E-state index in [1.54, 1.807) is 11.8 Å². The maximum Gasteiger partial charge on any atom is 0.233 e. The van der Waals surface area contributed by atoms with Crippen LogP contribution in [0.2, 0.25) is 0 Å². The number of carbonyl (C=O) groups excluding carboxylic acids is 1. The fraction of sp³-hybridized carbons (Fsp3) is 0.261. The lowest BCUT2D eigenvalue weighted by Gasteiger charge is -2.35. The van der Waals surface area contributed by atoms with E-state index in [9.17, 15) is 4.79 Å². The van der Waals surface area contributed by atoms with Crippen molar-refractivity contribution in [2.24, 2.45) is 0 Å². The highest BCUT2D eigenvalue weighted by molar-refractivity contribution is 8.00. The Bertz CT molecular complexity index is 852. The molecule has 0 aliphatic carbocycles. The Morgan fingerprint density at radius 3 is 2.22 bits per heavy atom. The van der Waals surface area contributed by atoms with Crippen LogP contribution in [0.5, 0.6) is 0 Å². The maximum absolute atomic E-state index is 13.0. The summed E-state index contributed by atoms with van der Waals surface area (Å²) in [4.78, 5) is 15.0. The van der Waals surface area contributed by atoms with Crippen LogP contribution in [0.1, 0.15) is 35.0 Å². The average Bonchev–Trinajstić information content (AvgIpc) is 3.20. The molecule has 0 unspecified atom stereocenters. The number of amides is 1. The number of benzene rings is 2. The molecule has 0 saturated heterocycles. The van der Waals surface area contributed by atoms with Crippen molar-refractivity contribution in [1.29, 1.82) is 0 Å². The van der Waals surface area contributed by atoms with Gasteiger partial charge in [0.1, 0.15) is 0 Å². The second-order valence-electron chi connectivity index (χ2n) is 6.90. The molecule has 0 bridgehead atoms. The lowest BCUT2D eigenvalue weighted by Crippen LogP contribution is -2.41. The van der Waals surface area contributed by atoms with E-state index in [4.69, 9.17) is 0 Å². The minimum Gasteiger partial charge on any atom is -0.348 e. The van der Waals surface area contributed by atoms with E-state index in [1.807, 2.05) is 17.0 Å². The fourth-order valence-electron chi connectivity index (χ4n) is 3.80. The zero-order chi connectivity index (χ0) is 18.6. The average molecular weight is 377 g/mol. The molecule has 0 radical (unpaired) electrons. The molecule has 1 aliphatic heterocycles. The van der Waals surface area contributed by atoms with Gasteiger partial charge in [0.25, 0.3) is 0 Å². The first-order valence-corrected chi connectivity index (χ1v) is 10.4. The highest BCUT2D eigenvalue weighted by atomic mass is 32.2. The Hall–Kier alpha value is -2.46. The third-order valence-corrected chi connectivity index (χ3v) is 6.53. The standard InChI is InChI=1S/C23H24N2OS/c1-18-21-13-8-14-24(21)15-16-25(18)22(26)17-27-23(19-9-4-2-5-10-19)20-11-6-3-7-12-20/h2-14,18,23H,15-17H2,1H3/t18-/m0/s1. The van der Waals surface area contributed by atoms with Crippen molar-refractivity contribution >= 4 is 17.7 Å². The molecule has 1 atom stereocenters. The molecule has 2 heterocycles. The Morgan fingerprint density at radius 1 is 0.963 bits per heavy atom. The van der Waals surface area contributed by atoms with Gasteiger partial charge in [0.15, 0.2) is 0 Å². The molecular formula is C23H24N2OS. The van der Waals surface area contributed by atoms with Gasteiger partial charge in [-0.15, -0.1) is 11.8 Å². The number of fused-ring (bicyclic) bond motifs is 1. The minimum atomic E-state index is 0.133. The predicted molar refractivity (Wildman–Crippen MR) is 112 cm³/mol. The molecule has 138 valence electrons. The van der Waals surface area contributed by atoms with E-state index >= 15 is 0 Å². The van der Waals surface area contributed by atoms with Crippen molar-refractivity contribution in [3.63, 3.8) is 0 Å². The summed E-state index contributed by atoms with van der Waals surface area (Å²) in [6, 6.07) is 25.2. The number of aromatic nitrogens is 1. The van der Waals surface area contributed by atoms with E-state index < -0.39 is 0 Å². The Balaban J connectivity index is 1.49. The molecule has 27 heavy (non-hydrogen) atoms. The maximum atomic E-state index is 13.0. The van der Waals surface area contributed by atoms with Crippen LogP contribution in [0.15, 0.2) is 79.0 Å². The van der Waals surface area contributed by atoms with Crippen molar-refractivity contribution < 1.29 is 4.79 Å². The third-order valence-electron chi connectivity index (χ3n) is 5.24. The number of carbonyl (C=O) groups is 1. The van der Waals surface area contributed by atoms with Crippen LogP contribution in [-0.2, 0) is 11.3 Å². The number of rotatable bonds is 5. The van der Waals surface area contributed by atoms with E-state index in [-0.39, 0.29) is 17.2 Å². The van der Waals surface area contributed by atoms with Crippen LogP contribution >= 0.6 is 11.8 Å². The highest BCUT2D eigenvalue weighted by Gasteiger charge is 2.28. The molecule has 3 aromatic rings. The molecule has 4 rings (SSSR count). The van der Waals surface area contributed by atoms with E-state index in [1.165, 1.54) is 16.8 Å². The summed E-state index contributed by atoms with van der Waals surface area (Å²) in [6.07, 6.45) is 2.10. The summed E-state index contributed by atoms with van der Waals surface area (Å²) in [7, 11) is 0. The quantitative estimate of drug-likeness (QED) is 0.632. The van der Waals surface area contributed by atoms with Crippen LogP contribution in [0.3, 0.4) is 0 Å². The molecule has 0 spiro atoms. The van der Waals surface area contributed by atoms with Crippen LogP contribution in [0.4, 0.5) is 0 Å². The molecule has 0 saturated carbocycles. The van der Waals surface area contributed by atoms with Crippen LogP contribution in [0, 0.1) is 0 Å². The van der Waals surface area contributed by atoms with Gasteiger partial charge in [-0.05, 0) is 30.2 Å².